The third kappa shape index (κ3) is 10.3. The number of nitrogens with two attached hydrogens (primary N) is 1. The normalized spacial score (nSPS) is 12.6. The second-order valence-corrected chi connectivity index (χ2v) is 5.90. The number of carbonyl (C=O) groups excluding carboxylic acids is 3. The number of carbonyl (C=O) groups is 3. The summed E-state index contributed by atoms with van der Waals surface area (Å²) < 4.78 is 18.3. The first-order valence-corrected chi connectivity index (χ1v) is 8.97. The summed E-state index contributed by atoms with van der Waals surface area (Å²) in [5, 5.41) is 9.27. The number of aromatic hydroxyl groups is 1. The van der Waals surface area contributed by atoms with Crippen LogP contribution in [0.3, 0.4) is 0 Å². The van der Waals surface area contributed by atoms with Gasteiger partial charge in [0.1, 0.15) is 0 Å². The maximum absolute atomic E-state index is 10.8. The highest BCUT2D eigenvalue weighted by atomic mass is 16.5. The van der Waals surface area contributed by atoms with Crippen molar-refractivity contribution in [1.82, 2.24) is 4.98 Å². The van der Waals surface area contributed by atoms with Crippen molar-refractivity contribution in [2.24, 2.45) is 11.7 Å². The minimum Gasteiger partial charge on any atom is -0.503 e. The molecule has 29 heavy (non-hydrogen) atoms. The lowest BCUT2D eigenvalue weighted by Gasteiger charge is -2.03. The number of pyridine rings is 1. The molecule has 0 saturated heterocycles. The number of hydrogen-bond acceptors (Lipinski definition) is 9. The van der Waals surface area contributed by atoms with Crippen LogP contribution in [0.15, 0.2) is 12.3 Å². The largest absolute Gasteiger partial charge is 0.503 e. The molecule has 0 aliphatic heterocycles. The average molecular weight is 414 g/mol. The lowest BCUT2D eigenvalue weighted by Crippen LogP contribution is -2.13. The van der Waals surface area contributed by atoms with Crippen molar-refractivity contribution in [3.63, 3.8) is 0 Å². The van der Waals surface area contributed by atoms with Gasteiger partial charge in [0.2, 0.25) is 0 Å². The van der Waals surface area contributed by atoms with Crippen molar-refractivity contribution in [2.75, 3.05) is 35.0 Å². The molecule has 10 heteroatoms. The van der Waals surface area contributed by atoms with Crippen LogP contribution < -0.4 is 10.5 Å². The molecular formula is C19H30N2O8. The van der Waals surface area contributed by atoms with Gasteiger partial charge in [0.15, 0.2) is 17.2 Å². The van der Waals surface area contributed by atoms with Gasteiger partial charge in [0.05, 0.1) is 40.3 Å². The SMILES string of the molecule is COC(=O)C1CCCC1.COCCC(=O)OC.COc1ccnc(C(N)=O)c1O. The molecule has 164 valence electrons. The molecule has 3 N–H and O–H groups in total. The van der Waals surface area contributed by atoms with E-state index < -0.39 is 5.91 Å². The van der Waals surface area contributed by atoms with E-state index in [4.69, 9.17) is 10.5 Å². The molecule has 1 heterocycles. The number of amides is 1. The third-order valence-electron chi connectivity index (χ3n) is 3.97. The second-order valence-electron chi connectivity index (χ2n) is 5.90. The standard InChI is InChI=1S/C7H8N2O3.C7H12O2.C5H10O3/c1-12-4-2-3-9-5(6(4)10)7(8)11;1-9-7(8)6-4-2-3-5-6;1-7-4-3-5(6)8-2/h2-3,10H,1H3,(H2,8,11);6H,2-5H2,1H3;3-4H2,1-2H3. The van der Waals surface area contributed by atoms with E-state index in [-0.39, 0.29) is 35.0 Å². The highest BCUT2D eigenvalue weighted by Gasteiger charge is 2.22. The van der Waals surface area contributed by atoms with Gasteiger partial charge >= 0.3 is 11.9 Å². The van der Waals surface area contributed by atoms with Gasteiger partial charge in [-0.2, -0.15) is 0 Å². The van der Waals surface area contributed by atoms with E-state index in [0.717, 1.165) is 12.8 Å². The molecule has 0 atom stereocenters. The molecule has 0 aromatic carbocycles. The minimum atomic E-state index is -0.786. The van der Waals surface area contributed by atoms with E-state index in [9.17, 15) is 19.5 Å². The van der Waals surface area contributed by atoms with Crippen LogP contribution in [0.4, 0.5) is 0 Å². The molecular weight excluding hydrogens is 384 g/mol. The van der Waals surface area contributed by atoms with Crippen molar-refractivity contribution in [3.8, 4) is 11.5 Å². The first-order chi connectivity index (χ1) is 13.8. The number of ether oxygens (including phenoxy) is 4. The smallest absolute Gasteiger partial charge is 0.308 e. The average Bonchev–Trinajstić information content (AvgIpc) is 3.27. The summed E-state index contributed by atoms with van der Waals surface area (Å²) in [6, 6.07) is 1.43. The van der Waals surface area contributed by atoms with Gasteiger partial charge in [-0.05, 0) is 12.8 Å². The molecule has 0 radical (unpaired) electrons. The summed E-state index contributed by atoms with van der Waals surface area (Å²) in [5.74, 6) is -0.966. The zero-order valence-electron chi connectivity index (χ0n) is 17.3. The Morgan fingerprint density at radius 3 is 2.21 bits per heavy atom. The van der Waals surface area contributed by atoms with Crippen molar-refractivity contribution < 1.29 is 38.4 Å². The first kappa shape index (κ1) is 26.1. The van der Waals surface area contributed by atoms with Crippen LogP contribution in [0.25, 0.3) is 0 Å². The van der Waals surface area contributed by atoms with Crippen LogP contribution in [0.5, 0.6) is 11.5 Å². The van der Waals surface area contributed by atoms with Crippen LogP contribution >= 0.6 is 0 Å². The van der Waals surface area contributed by atoms with E-state index in [1.807, 2.05) is 0 Å². The van der Waals surface area contributed by atoms with Gasteiger partial charge in [-0.3, -0.25) is 14.4 Å². The quantitative estimate of drug-likeness (QED) is 0.660. The zero-order chi connectivity index (χ0) is 22.2. The summed E-state index contributed by atoms with van der Waals surface area (Å²) in [7, 11) is 5.74. The third-order valence-corrected chi connectivity index (χ3v) is 3.97. The van der Waals surface area contributed by atoms with Crippen molar-refractivity contribution >= 4 is 17.8 Å². The Hall–Kier alpha value is -2.88. The van der Waals surface area contributed by atoms with Gasteiger partial charge in [-0.1, -0.05) is 12.8 Å². The van der Waals surface area contributed by atoms with E-state index in [1.54, 1.807) is 7.11 Å². The fourth-order valence-electron chi connectivity index (χ4n) is 2.40. The predicted octanol–water partition coefficient (Wildman–Crippen LogP) is 1.44. The number of esters is 2. The number of rotatable bonds is 6. The number of primary amides is 1. The number of nitrogens with zero attached hydrogens (tertiary/aromatic N) is 1. The van der Waals surface area contributed by atoms with Gasteiger partial charge in [-0.25, -0.2) is 4.98 Å². The Bertz CT molecular complexity index is 645. The molecule has 0 bridgehead atoms. The number of methoxy groups -OCH3 is 4. The molecule has 1 aliphatic rings. The van der Waals surface area contributed by atoms with Crippen molar-refractivity contribution in [1.29, 1.82) is 0 Å². The summed E-state index contributed by atoms with van der Waals surface area (Å²) in [6.07, 6.45) is 6.13. The predicted molar refractivity (Wildman–Crippen MR) is 103 cm³/mol. The highest BCUT2D eigenvalue weighted by Crippen LogP contribution is 2.27. The molecule has 1 aromatic heterocycles. The molecule has 1 fully saturated rings. The lowest BCUT2D eigenvalue weighted by atomic mass is 10.1. The molecule has 1 saturated carbocycles. The van der Waals surface area contributed by atoms with Gasteiger partial charge in [-0.15, -0.1) is 0 Å². The van der Waals surface area contributed by atoms with Crippen LogP contribution in [0, 0.1) is 5.92 Å². The molecule has 1 aliphatic carbocycles. The molecule has 10 nitrogen and oxygen atoms in total. The zero-order valence-corrected chi connectivity index (χ0v) is 17.3. The maximum atomic E-state index is 10.8. The van der Waals surface area contributed by atoms with Gasteiger partial charge in [0, 0.05) is 19.4 Å². The van der Waals surface area contributed by atoms with Crippen LogP contribution in [0.2, 0.25) is 0 Å². The number of hydrogen-bond donors (Lipinski definition) is 2. The Morgan fingerprint density at radius 1 is 1.14 bits per heavy atom. The Labute approximate surface area is 170 Å². The maximum Gasteiger partial charge on any atom is 0.308 e. The highest BCUT2D eigenvalue weighted by molar-refractivity contribution is 5.94. The molecule has 0 unspecified atom stereocenters. The summed E-state index contributed by atoms with van der Waals surface area (Å²) in [4.78, 5) is 35.3. The van der Waals surface area contributed by atoms with Gasteiger partial charge in [0.25, 0.3) is 5.91 Å². The Morgan fingerprint density at radius 2 is 1.76 bits per heavy atom. The second kappa shape index (κ2) is 15.1. The molecule has 0 spiro atoms. The van der Waals surface area contributed by atoms with E-state index in [2.05, 4.69) is 19.2 Å². The molecule has 1 aromatic rings. The molecule has 1 amide bonds. The van der Waals surface area contributed by atoms with Crippen molar-refractivity contribution in [2.45, 2.75) is 32.1 Å². The summed E-state index contributed by atoms with van der Waals surface area (Å²) >= 11 is 0. The number of aromatic nitrogens is 1. The van der Waals surface area contributed by atoms with E-state index in [0.29, 0.717) is 13.0 Å². The summed E-state index contributed by atoms with van der Waals surface area (Å²) in [6.45, 7) is 0.437. The minimum absolute atomic E-state index is 0.0208. The summed E-state index contributed by atoms with van der Waals surface area (Å²) in [5.41, 5.74) is 4.74. The molecule has 2 rings (SSSR count). The fraction of sp³-hybridized carbons (Fsp3) is 0.579. The van der Waals surface area contributed by atoms with Crippen LogP contribution in [-0.4, -0.2) is 63.0 Å². The topological polar surface area (TPSA) is 147 Å². The fourth-order valence-corrected chi connectivity index (χ4v) is 2.40. The van der Waals surface area contributed by atoms with Crippen LogP contribution in [-0.2, 0) is 23.8 Å². The Kier molecular flexibility index (Phi) is 13.6. The van der Waals surface area contributed by atoms with Gasteiger partial charge < -0.3 is 29.8 Å². The first-order valence-electron chi connectivity index (χ1n) is 8.97. The monoisotopic (exact) mass is 414 g/mol. The lowest BCUT2D eigenvalue weighted by molar-refractivity contribution is -0.145. The van der Waals surface area contributed by atoms with E-state index in [1.165, 1.54) is 46.4 Å². The van der Waals surface area contributed by atoms with Crippen molar-refractivity contribution in [3.05, 3.63) is 18.0 Å². The van der Waals surface area contributed by atoms with Crippen LogP contribution in [0.1, 0.15) is 42.6 Å². The Balaban J connectivity index is 0.000000417. The van der Waals surface area contributed by atoms with E-state index >= 15 is 0 Å².